The second-order valence-electron chi connectivity index (χ2n) is 3.92. The average Bonchev–Trinajstić information content (AvgIpc) is 2.42. The van der Waals surface area contributed by atoms with Crippen molar-refractivity contribution >= 4 is 11.8 Å². The van der Waals surface area contributed by atoms with E-state index >= 15 is 0 Å². The second kappa shape index (κ2) is 4.45. The van der Waals surface area contributed by atoms with Crippen LogP contribution in [0.15, 0.2) is 12.1 Å². The molecular formula is C12H17NOS. The van der Waals surface area contributed by atoms with Gasteiger partial charge in [-0.3, -0.25) is 0 Å². The van der Waals surface area contributed by atoms with Crippen molar-refractivity contribution in [1.82, 2.24) is 0 Å². The van der Waals surface area contributed by atoms with Gasteiger partial charge in [-0.2, -0.15) is 11.8 Å². The molecule has 3 heteroatoms. The predicted octanol–water partition coefficient (Wildman–Crippen LogP) is 2.64. The van der Waals surface area contributed by atoms with Gasteiger partial charge in [0, 0.05) is 17.4 Å². The summed E-state index contributed by atoms with van der Waals surface area (Å²) >= 11 is 1.94. The van der Waals surface area contributed by atoms with Gasteiger partial charge in [-0.25, -0.2) is 0 Å². The Bertz CT molecular complexity index is 365. The van der Waals surface area contributed by atoms with Crippen LogP contribution in [0.2, 0.25) is 0 Å². The van der Waals surface area contributed by atoms with Crippen molar-refractivity contribution in [3.8, 4) is 5.75 Å². The highest BCUT2D eigenvalue weighted by Gasteiger charge is 2.20. The van der Waals surface area contributed by atoms with Gasteiger partial charge in [0.25, 0.3) is 0 Å². The summed E-state index contributed by atoms with van der Waals surface area (Å²) in [4.78, 5) is 0. The van der Waals surface area contributed by atoms with Gasteiger partial charge in [0.05, 0.1) is 7.11 Å². The normalized spacial score (nSPS) is 20.6. The molecule has 0 spiro atoms. The summed E-state index contributed by atoms with van der Waals surface area (Å²) in [7, 11) is 1.73. The van der Waals surface area contributed by atoms with E-state index in [1.165, 1.54) is 16.7 Å². The molecule has 1 aromatic rings. The third-order valence-electron chi connectivity index (χ3n) is 2.94. The number of aryl methyl sites for hydroxylation is 1. The van der Waals surface area contributed by atoms with Crippen LogP contribution in [0.4, 0.5) is 0 Å². The molecule has 1 aromatic carbocycles. The van der Waals surface area contributed by atoms with Crippen LogP contribution >= 0.6 is 11.8 Å². The van der Waals surface area contributed by atoms with Gasteiger partial charge < -0.3 is 10.5 Å². The molecule has 15 heavy (non-hydrogen) atoms. The number of methoxy groups -OCH3 is 1. The summed E-state index contributed by atoms with van der Waals surface area (Å²) in [6, 6.07) is 4.32. The smallest absolute Gasteiger partial charge is 0.123 e. The Kier molecular flexibility index (Phi) is 3.22. The molecule has 0 amide bonds. The van der Waals surface area contributed by atoms with Gasteiger partial charge in [0.1, 0.15) is 5.75 Å². The molecule has 1 atom stereocenters. The van der Waals surface area contributed by atoms with Gasteiger partial charge in [-0.15, -0.1) is 0 Å². The summed E-state index contributed by atoms with van der Waals surface area (Å²) in [5.41, 5.74) is 10.1. The van der Waals surface area contributed by atoms with E-state index in [0.717, 1.165) is 23.7 Å². The maximum Gasteiger partial charge on any atom is 0.123 e. The Hall–Kier alpha value is -0.670. The fourth-order valence-electron chi connectivity index (χ4n) is 2.15. The molecule has 0 fully saturated rings. The van der Waals surface area contributed by atoms with Crippen LogP contribution in [0.25, 0.3) is 0 Å². The Morgan fingerprint density at radius 2 is 2.27 bits per heavy atom. The van der Waals surface area contributed by atoms with Crippen molar-refractivity contribution in [3.05, 3.63) is 28.8 Å². The van der Waals surface area contributed by atoms with Crippen LogP contribution in [0, 0.1) is 6.92 Å². The Balaban J connectivity index is 2.55. The summed E-state index contributed by atoms with van der Waals surface area (Å²) in [5.74, 6) is 3.15. The van der Waals surface area contributed by atoms with Crippen molar-refractivity contribution in [3.63, 3.8) is 0 Å². The molecule has 0 saturated carbocycles. The van der Waals surface area contributed by atoms with E-state index in [9.17, 15) is 0 Å². The van der Waals surface area contributed by atoms with Gasteiger partial charge in [-0.1, -0.05) is 6.07 Å². The van der Waals surface area contributed by atoms with Crippen LogP contribution in [0.1, 0.15) is 29.2 Å². The lowest BCUT2D eigenvalue weighted by molar-refractivity contribution is 0.410. The van der Waals surface area contributed by atoms with Crippen molar-refractivity contribution < 1.29 is 4.74 Å². The van der Waals surface area contributed by atoms with Gasteiger partial charge >= 0.3 is 0 Å². The number of nitrogens with two attached hydrogens (primary N) is 1. The number of hydrogen-bond donors (Lipinski definition) is 1. The van der Waals surface area contributed by atoms with Crippen molar-refractivity contribution in [2.24, 2.45) is 5.73 Å². The number of fused-ring (bicyclic) bond motifs is 1. The molecule has 0 aliphatic carbocycles. The molecule has 2 N–H and O–H groups in total. The molecule has 82 valence electrons. The quantitative estimate of drug-likeness (QED) is 0.795. The minimum atomic E-state index is 0.171. The number of thioether (sulfide) groups is 1. The molecule has 1 aliphatic heterocycles. The van der Waals surface area contributed by atoms with Gasteiger partial charge in [-0.05, 0) is 36.3 Å². The maximum atomic E-state index is 6.20. The fraction of sp³-hybridized carbons (Fsp3) is 0.500. The van der Waals surface area contributed by atoms with E-state index in [1.54, 1.807) is 7.11 Å². The highest BCUT2D eigenvalue weighted by molar-refractivity contribution is 7.98. The van der Waals surface area contributed by atoms with Crippen molar-refractivity contribution in [2.75, 3.05) is 12.9 Å². The third-order valence-corrected chi connectivity index (χ3v) is 3.96. The first-order chi connectivity index (χ1) is 7.24. The van der Waals surface area contributed by atoms with E-state index in [0.29, 0.717) is 0 Å². The van der Waals surface area contributed by atoms with Crippen LogP contribution in [-0.2, 0) is 5.75 Å². The maximum absolute atomic E-state index is 6.20. The predicted molar refractivity (Wildman–Crippen MR) is 65.4 cm³/mol. The average molecular weight is 223 g/mol. The SMILES string of the molecule is COc1ccc(C)c2c1CSCC[C@H]2N. The largest absolute Gasteiger partial charge is 0.496 e. The molecule has 0 saturated heterocycles. The second-order valence-corrected chi connectivity index (χ2v) is 5.03. The summed E-state index contributed by atoms with van der Waals surface area (Å²) in [6.45, 7) is 2.13. The lowest BCUT2D eigenvalue weighted by atomic mass is 9.94. The Morgan fingerprint density at radius 1 is 1.47 bits per heavy atom. The molecule has 0 bridgehead atoms. The minimum Gasteiger partial charge on any atom is -0.496 e. The molecule has 1 aliphatic rings. The zero-order valence-electron chi connectivity index (χ0n) is 9.25. The molecule has 0 unspecified atom stereocenters. The lowest BCUT2D eigenvalue weighted by Gasteiger charge is -2.17. The molecule has 2 nitrogen and oxygen atoms in total. The first-order valence-corrected chi connectivity index (χ1v) is 6.39. The summed E-state index contributed by atoms with van der Waals surface area (Å²) in [6.07, 6.45) is 1.06. The van der Waals surface area contributed by atoms with Crippen LogP contribution < -0.4 is 10.5 Å². The minimum absolute atomic E-state index is 0.171. The molecule has 1 heterocycles. The Labute approximate surface area is 95.2 Å². The monoisotopic (exact) mass is 223 g/mol. The van der Waals surface area contributed by atoms with Crippen LogP contribution in [0.5, 0.6) is 5.75 Å². The lowest BCUT2D eigenvalue weighted by Crippen LogP contribution is -2.13. The standard InChI is InChI=1S/C12H17NOS/c1-8-3-4-11(14-2)9-7-15-6-5-10(13)12(8)9/h3-4,10H,5-7,13H2,1-2H3/t10-/m1/s1. The summed E-state index contributed by atoms with van der Waals surface area (Å²) < 4.78 is 5.40. The number of hydrogen-bond acceptors (Lipinski definition) is 3. The first kappa shape index (κ1) is 10.8. The zero-order chi connectivity index (χ0) is 10.8. The molecule has 0 aromatic heterocycles. The number of benzene rings is 1. The molecular weight excluding hydrogens is 206 g/mol. The number of rotatable bonds is 1. The van der Waals surface area contributed by atoms with Gasteiger partial charge in [0.15, 0.2) is 0 Å². The van der Waals surface area contributed by atoms with E-state index < -0.39 is 0 Å². The zero-order valence-corrected chi connectivity index (χ0v) is 10.1. The number of ether oxygens (including phenoxy) is 1. The highest BCUT2D eigenvalue weighted by Crippen LogP contribution is 2.36. The first-order valence-electron chi connectivity index (χ1n) is 5.23. The topological polar surface area (TPSA) is 35.2 Å². The Morgan fingerprint density at radius 3 is 3.00 bits per heavy atom. The van der Waals surface area contributed by atoms with Crippen molar-refractivity contribution in [1.29, 1.82) is 0 Å². The van der Waals surface area contributed by atoms with Crippen LogP contribution in [-0.4, -0.2) is 12.9 Å². The van der Waals surface area contributed by atoms with Crippen molar-refractivity contribution in [2.45, 2.75) is 25.1 Å². The fourth-order valence-corrected chi connectivity index (χ4v) is 3.21. The molecule has 2 rings (SSSR count). The summed E-state index contributed by atoms with van der Waals surface area (Å²) in [5, 5.41) is 0. The van der Waals surface area contributed by atoms with E-state index in [-0.39, 0.29) is 6.04 Å². The van der Waals surface area contributed by atoms with Gasteiger partial charge in [0.2, 0.25) is 0 Å². The third kappa shape index (κ3) is 1.99. The van der Waals surface area contributed by atoms with E-state index in [4.69, 9.17) is 10.5 Å². The molecule has 0 radical (unpaired) electrons. The highest BCUT2D eigenvalue weighted by atomic mass is 32.2. The van der Waals surface area contributed by atoms with E-state index in [1.807, 2.05) is 17.8 Å². The van der Waals surface area contributed by atoms with Crippen LogP contribution in [0.3, 0.4) is 0 Å². The van der Waals surface area contributed by atoms with E-state index in [2.05, 4.69) is 13.0 Å².